The molecule has 0 aliphatic carbocycles. The minimum atomic E-state index is -1.51. The van der Waals surface area contributed by atoms with Gasteiger partial charge >= 0.3 is 0 Å². The van der Waals surface area contributed by atoms with E-state index < -0.39 is 17.2 Å². The molecule has 1 unspecified atom stereocenters. The Morgan fingerprint density at radius 1 is 1.24 bits per heavy atom. The van der Waals surface area contributed by atoms with Crippen molar-refractivity contribution in [3.05, 3.63) is 77.0 Å². The summed E-state index contributed by atoms with van der Waals surface area (Å²) in [7, 11) is 0. The average molecular weight is 389 g/mol. The molecule has 0 fully saturated rings. The molecule has 1 heterocycles. The Balaban J connectivity index is 1.97. The van der Waals surface area contributed by atoms with E-state index in [4.69, 9.17) is 4.74 Å². The van der Waals surface area contributed by atoms with Crippen molar-refractivity contribution < 1.29 is 14.3 Å². The Kier molecular flexibility index (Phi) is 5.99. The van der Waals surface area contributed by atoms with Gasteiger partial charge in [0.2, 0.25) is 11.8 Å². The number of benzene rings is 2. The first kappa shape index (κ1) is 20.2. The Bertz CT molecular complexity index is 1010. The predicted octanol–water partition coefficient (Wildman–Crippen LogP) is 2.93. The van der Waals surface area contributed by atoms with Gasteiger partial charge in [0, 0.05) is 17.8 Å². The fraction of sp³-hybridized carbons (Fsp3) is 0.261. The van der Waals surface area contributed by atoms with Crippen LogP contribution in [0.15, 0.2) is 60.3 Å². The van der Waals surface area contributed by atoms with Gasteiger partial charge in [0.1, 0.15) is 5.75 Å². The van der Waals surface area contributed by atoms with Crippen LogP contribution in [0.5, 0.6) is 5.75 Å². The summed E-state index contributed by atoms with van der Waals surface area (Å²) in [5, 5.41) is 15.2. The van der Waals surface area contributed by atoms with Crippen molar-refractivity contribution >= 4 is 11.8 Å². The van der Waals surface area contributed by atoms with E-state index in [0.717, 1.165) is 5.56 Å². The summed E-state index contributed by atoms with van der Waals surface area (Å²) in [6.45, 7) is 4.39. The van der Waals surface area contributed by atoms with Crippen LogP contribution in [-0.2, 0) is 21.5 Å². The zero-order valence-corrected chi connectivity index (χ0v) is 16.5. The number of para-hydroxylation sites is 1. The highest BCUT2D eigenvalue weighted by Crippen LogP contribution is 2.35. The topological polar surface area (TPSA) is 91.2 Å². The van der Waals surface area contributed by atoms with Crippen LogP contribution in [0.4, 0.5) is 0 Å². The summed E-state index contributed by atoms with van der Waals surface area (Å²) >= 11 is 0. The molecule has 1 aliphatic heterocycles. The number of rotatable bonds is 6. The van der Waals surface area contributed by atoms with Gasteiger partial charge in [-0.25, -0.2) is 0 Å². The second-order valence-corrected chi connectivity index (χ2v) is 6.83. The molecule has 1 aliphatic rings. The van der Waals surface area contributed by atoms with E-state index in [1.165, 1.54) is 0 Å². The van der Waals surface area contributed by atoms with Gasteiger partial charge < -0.3 is 15.4 Å². The van der Waals surface area contributed by atoms with Crippen LogP contribution in [0.1, 0.15) is 37.0 Å². The van der Waals surface area contributed by atoms with Crippen molar-refractivity contribution in [2.45, 2.75) is 32.2 Å². The molecule has 0 bridgehead atoms. The second kappa shape index (κ2) is 8.61. The van der Waals surface area contributed by atoms with Gasteiger partial charge in [0.05, 0.1) is 18.2 Å². The number of allylic oxidation sites excluding steroid dienone is 2. The van der Waals surface area contributed by atoms with Crippen molar-refractivity contribution in [1.29, 1.82) is 5.26 Å². The Morgan fingerprint density at radius 3 is 2.69 bits per heavy atom. The molecule has 3 rings (SSSR count). The lowest BCUT2D eigenvalue weighted by Crippen LogP contribution is -2.56. The molecule has 1 atom stereocenters. The summed E-state index contributed by atoms with van der Waals surface area (Å²) in [6.07, 6.45) is 1.99. The van der Waals surface area contributed by atoms with Crippen molar-refractivity contribution in [2.75, 3.05) is 6.61 Å². The molecule has 0 saturated heterocycles. The number of nitrogens with zero attached hydrogens (tertiary/aromatic N) is 1. The molecule has 2 aromatic carbocycles. The van der Waals surface area contributed by atoms with Crippen LogP contribution in [0.3, 0.4) is 0 Å². The van der Waals surface area contributed by atoms with Crippen LogP contribution in [0.2, 0.25) is 0 Å². The minimum Gasteiger partial charge on any atom is -0.494 e. The molecule has 148 valence electrons. The summed E-state index contributed by atoms with van der Waals surface area (Å²) < 4.78 is 5.61. The molecule has 2 N–H and O–H groups in total. The van der Waals surface area contributed by atoms with E-state index in [1.807, 2.05) is 37.3 Å². The van der Waals surface area contributed by atoms with E-state index in [0.29, 0.717) is 29.2 Å². The lowest BCUT2D eigenvalue weighted by Gasteiger charge is -2.34. The third-order valence-corrected chi connectivity index (χ3v) is 5.02. The first-order chi connectivity index (χ1) is 14.0. The van der Waals surface area contributed by atoms with Crippen molar-refractivity contribution in [2.24, 2.45) is 0 Å². The van der Waals surface area contributed by atoms with Crippen molar-refractivity contribution in [3.8, 4) is 11.8 Å². The van der Waals surface area contributed by atoms with Gasteiger partial charge in [-0.1, -0.05) is 42.5 Å². The monoisotopic (exact) mass is 389 g/mol. The second-order valence-electron chi connectivity index (χ2n) is 6.83. The van der Waals surface area contributed by atoms with Gasteiger partial charge in [-0.05, 0) is 38.0 Å². The number of hydrogen-bond acceptors (Lipinski definition) is 4. The predicted molar refractivity (Wildman–Crippen MR) is 109 cm³/mol. The summed E-state index contributed by atoms with van der Waals surface area (Å²) in [6, 6.07) is 16.3. The fourth-order valence-electron chi connectivity index (χ4n) is 3.51. The Labute approximate surface area is 170 Å². The zero-order valence-electron chi connectivity index (χ0n) is 16.5. The van der Waals surface area contributed by atoms with Gasteiger partial charge in [-0.15, -0.1) is 0 Å². The maximum Gasteiger partial charge on any atom is 0.244 e. The minimum absolute atomic E-state index is 0.183. The number of amides is 2. The molecule has 6 nitrogen and oxygen atoms in total. The van der Waals surface area contributed by atoms with Gasteiger partial charge in [0.15, 0.2) is 5.41 Å². The highest BCUT2D eigenvalue weighted by molar-refractivity contribution is 6.12. The number of nitriles is 1. The van der Waals surface area contributed by atoms with Crippen LogP contribution >= 0.6 is 0 Å². The number of carbonyl (C=O) groups excluding carboxylic acids is 2. The summed E-state index contributed by atoms with van der Waals surface area (Å²) in [5.74, 6) is -0.200. The van der Waals surface area contributed by atoms with E-state index >= 15 is 0 Å². The van der Waals surface area contributed by atoms with E-state index in [1.54, 1.807) is 31.2 Å². The molecule has 0 saturated carbocycles. The number of ether oxygens (including phenoxy) is 1. The molecule has 2 aromatic rings. The third-order valence-electron chi connectivity index (χ3n) is 5.02. The molecule has 0 radical (unpaired) electrons. The van der Waals surface area contributed by atoms with Crippen molar-refractivity contribution in [1.82, 2.24) is 10.6 Å². The number of nitrogens with one attached hydrogen (secondary N) is 2. The van der Waals surface area contributed by atoms with Crippen LogP contribution < -0.4 is 15.4 Å². The first-order valence-electron chi connectivity index (χ1n) is 9.49. The third kappa shape index (κ3) is 3.85. The maximum absolute atomic E-state index is 13.4. The van der Waals surface area contributed by atoms with Gasteiger partial charge in [0.25, 0.3) is 0 Å². The van der Waals surface area contributed by atoms with Crippen LogP contribution in [0, 0.1) is 11.3 Å². The Hall–Kier alpha value is -3.59. The van der Waals surface area contributed by atoms with Crippen molar-refractivity contribution in [3.63, 3.8) is 0 Å². The first-order valence-corrected chi connectivity index (χ1v) is 9.49. The Morgan fingerprint density at radius 2 is 1.97 bits per heavy atom. The molecule has 6 heteroatoms. The molecular weight excluding hydrogens is 366 g/mol. The lowest BCUT2D eigenvalue weighted by atomic mass is 9.72. The lowest BCUT2D eigenvalue weighted by molar-refractivity contribution is -0.138. The smallest absolute Gasteiger partial charge is 0.244 e. The van der Waals surface area contributed by atoms with Gasteiger partial charge in [-0.3, -0.25) is 9.59 Å². The SMILES string of the molecule is CCOc1ccccc1CNC(=O)C1(c2ccccc2C#N)CC=C(C)NC1=O. The van der Waals surface area contributed by atoms with E-state index in [2.05, 4.69) is 16.7 Å². The van der Waals surface area contributed by atoms with Crippen LogP contribution in [0.25, 0.3) is 0 Å². The quantitative estimate of drug-likeness (QED) is 0.743. The zero-order chi connectivity index (χ0) is 20.9. The standard InChI is InChI=1S/C23H23N3O3/c1-3-29-20-11-7-5-9-18(20)15-25-21(27)23(13-12-16(2)26-22(23)28)19-10-6-4-8-17(19)14-24/h4-12H,3,13,15H2,1-2H3,(H,25,27)(H,26,28). The van der Waals surface area contributed by atoms with Crippen LogP contribution in [-0.4, -0.2) is 18.4 Å². The van der Waals surface area contributed by atoms with E-state index in [-0.39, 0.29) is 13.0 Å². The highest BCUT2D eigenvalue weighted by Gasteiger charge is 2.49. The maximum atomic E-state index is 13.4. The molecule has 0 spiro atoms. The van der Waals surface area contributed by atoms with Gasteiger partial charge in [-0.2, -0.15) is 5.26 Å². The fourth-order valence-corrected chi connectivity index (χ4v) is 3.51. The summed E-state index contributed by atoms with van der Waals surface area (Å²) in [5.41, 5.74) is 0.704. The largest absolute Gasteiger partial charge is 0.494 e. The molecule has 0 aromatic heterocycles. The van der Waals surface area contributed by atoms with E-state index in [9.17, 15) is 14.9 Å². The molecule has 29 heavy (non-hydrogen) atoms. The average Bonchev–Trinajstić information content (AvgIpc) is 2.73. The summed E-state index contributed by atoms with van der Waals surface area (Å²) in [4.78, 5) is 26.5. The highest BCUT2D eigenvalue weighted by atomic mass is 16.5. The normalized spacial score (nSPS) is 18.2. The molecular formula is C23H23N3O3. The number of hydrogen-bond donors (Lipinski definition) is 2. The molecule has 2 amide bonds. The number of carbonyl (C=O) groups is 2.